The number of carboxylic acid groups (broad SMARTS) is 1. The van der Waals surface area contributed by atoms with E-state index in [1.54, 1.807) is 0 Å². The number of esters is 3. The van der Waals surface area contributed by atoms with Gasteiger partial charge in [0.25, 0.3) is 0 Å². The minimum Gasteiger partial charge on any atom is -0.479 e. The zero-order valence-corrected chi connectivity index (χ0v) is 41.9. The highest BCUT2D eigenvalue weighted by Gasteiger charge is 2.50. The Morgan fingerprint density at radius 2 is 0.955 bits per heavy atom. The molecule has 1 saturated heterocycles. The summed E-state index contributed by atoms with van der Waals surface area (Å²) in [6.45, 7) is 5.76. The number of aliphatic hydroxyl groups excluding tert-OH is 2. The number of hydrogen-bond acceptors (Lipinski definition) is 11. The van der Waals surface area contributed by atoms with E-state index in [-0.39, 0.29) is 25.9 Å². The van der Waals surface area contributed by atoms with Crippen molar-refractivity contribution in [3.05, 3.63) is 60.8 Å². The lowest BCUT2D eigenvalue weighted by Gasteiger charge is -2.40. The highest BCUT2D eigenvalue weighted by atomic mass is 16.7. The molecule has 6 unspecified atom stereocenters. The van der Waals surface area contributed by atoms with Crippen LogP contribution in [0.25, 0.3) is 0 Å². The van der Waals surface area contributed by atoms with Crippen molar-refractivity contribution in [2.45, 2.75) is 250 Å². The number of carbonyl (C=O) groups is 4. The van der Waals surface area contributed by atoms with Crippen molar-refractivity contribution >= 4 is 23.9 Å². The number of rotatable bonds is 43. The van der Waals surface area contributed by atoms with Gasteiger partial charge in [-0.2, -0.15) is 0 Å². The van der Waals surface area contributed by atoms with Gasteiger partial charge in [0.1, 0.15) is 18.8 Å². The molecule has 0 bridgehead atoms. The standard InChI is InChI=1S/C55H92O12/c1-4-7-10-13-16-19-22-24-27-29-32-35-38-41-47(56)63-44-46(65-48(57)42-39-36-33-30-26-21-18-15-12-9-6-3)45-64-55-53(51(60)50(59)52(67-55)54(61)62)66-49(58)43-40-37-34-31-28-25-23-20-17-14-11-8-5-2/h8,11,15,17-20,22,25,28,46,50-53,55,59-60H,4-7,9-10,12-14,16,21,23-24,26-27,29-45H2,1-3H3,(H,61,62)/b11-8-,18-15-,20-17-,22-19-,28-25-. The Morgan fingerprint density at radius 1 is 0.507 bits per heavy atom. The molecule has 0 spiro atoms. The van der Waals surface area contributed by atoms with Crippen molar-refractivity contribution in [3.63, 3.8) is 0 Å². The Balaban J connectivity index is 2.76. The molecule has 3 N–H and O–H groups in total. The first-order chi connectivity index (χ1) is 32.6. The third-order valence-electron chi connectivity index (χ3n) is 11.5. The van der Waals surface area contributed by atoms with Crippen LogP contribution in [0.1, 0.15) is 213 Å². The molecular weight excluding hydrogens is 853 g/mol. The van der Waals surface area contributed by atoms with Crippen molar-refractivity contribution in [1.82, 2.24) is 0 Å². The van der Waals surface area contributed by atoms with Gasteiger partial charge in [0, 0.05) is 19.3 Å². The monoisotopic (exact) mass is 945 g/mol. The number of unbranched alkanes of at least 4 members (excludes halogenated alkanes) is 19. The van der Waals surface area contributed by atoms with E-state index in [0.717, 1.165) is 116 Å². The molecule has 1 rings (SSSR count). The summed E-state index contributed by atoms with van der Waals surface area (Å²) >= 11 is 0. The van der Waals surface area contributed by atoms with E-state index >= 15 is 0 Å². The predicted octanol–water partition coefficient (Wildman–Crippen LogP) is 12.4. The van der Waals surface area contributed by atoms with Crippen molar-refractivity contribution in [2.75, 3.05) is 13.2 Å². The van der Waals surface area contributed by atoms with Crippen molar-refractivity contribution in [1.29, 1.82) is 0 Å². The summed E-state index contributed by atoms with van der Waals surface area (Å²) in [5.74, 6) is -3.18. The van der Waals surface area contributed by atoms with Crippen LogP contribution in [0, 0.1) is 0 Å². The van der Waals surface area contributed by atoms with Crippen LogP contribution in [0.4, 0.5) is 0 Å². The first kappa shape index (κ1) is 61.4. The van der Waals surface area contributed by atoms with Crippen LogP contribution >= 0.6 is 0 Å². The van der Waals surface area contributed by atoms with Gasteiger partial charge >= 0.3 is 23.9 Å². The van der Waals surface area contributed by atoms with Crippen LogP contribution in [-0.2, 0) is 42.9 Å². The molecular formula is C55H92O12. The average Bonchev–Trinajstić information content (AvgIpc) is 3.31. The first-order valence-electron chi connectivity index (χ1n) is 26.3. The van der Waals surface area contributed by atoms with Crippen LogP contribution in [-0.4, -0.2) is 89.2 Å². The Labute approximate surface area is 405 Å². The Bertz CT molecular complexity index is 1400. The quantitative estimate of drug-likeness (QED) is 0.0229. The fraction of sp³-hybridized carbons (Fsp3) is 0.745. The predicted molar refractivity (Wildman–Crippen MR) is 266 cm³/mol. The van der Waals surface area contributed by atoms with Gasteiger partial charge in [0.15, 0.2) is 24.6 Å². The second-order valence-corrected chi connectivity index (χ2v) is 17.8. The number of allylic oxidation sites excluding steroid dienone is 10. The molecule has 1 aliphatic rings. The van der Waals surface area contributed by atoms with Gasteiger partial charge in [-0.25, -0.2) is 4.79 Å². The Kier molecular flexibility index (Phi) is 40.1. The number of ether oxygens (including phenoxy) is 5. The van der Waals surface area contributed by atoms with Crippen LogP contribution in [0.2, 0.25) is 0 Å². The molecule has 67 heavy (non-hydrogen) atoms. The third kappa shape index (κ3) is 34.4. The molecule has 384 valence electrons. The third-order valence-corrected chi connectivity index (χ3v) is 11.5. The van der Waals surface area contributed by atoms with Crippen molar-refractivity contribution in [2.24, 2.45) is 0 Å². The van der Waals surface area contributed by atoms with E-state index < -0.39 is 67.3 Å². The van der Waals surface area contributed by atoms with E-state index in [2.05, 4.69) is 81.5 Å². The van der Waals surface area contributed by atoms with Gasteiger partial charge in [0.05, 0.1) is 6.61 Å². The largest absolute Gasteiger partial charge is 0.479 e. The van der Waals surface area contributed by atoms with E-state index in [0.29, 0.717) is 19.3 Å². The number of aliphatic carboxylic acids is 1. The van der Waals surface area contributed by atoms with Crippen molar-refractivity contribution in [3.8, 4) is 0 Å². The SMILES string of the molecule is CC/C=C\C/C=C\C/C=C\CCCCCC(=O)OC1C(OCC(COC(=O)CCCCCCC/C=C\CCCCCC)OC(=O)CCCCCCC/C=C\CCCC)OC(C(=O)O)C(O)C1O. The van der Waals surface area contributed by atoms with Gasteiger partial charge < -0.3 is 39.0 Å². The van der Waals surface area contributed by atoms with E-state index in [9.17, 15) is 34.5 Å². The average molecular weight is 945 g/mol. The number of carbonyl (C=O) groups excluding carboxylic acids is 3. The van der Waals surface area contributed by atoms with Gasteiger partial charge in [-0.1, -0.05) is 159 Å². The number of aliphatic hydroxyl groups is 2. The topological polar surface area (TPSA) is 175 Å². The maximum atomic E-state index is 13.0. The molecule has 0 aromatic heterocycles. The number of hydrogen-bond donors (Lipinski definition) is 3. The molecule has 1 fully saturated rings. The zero-order valence-electron chi connectivity index (χ0n) is 41.9. The highest BCUT2D eigenvalue weighted by molar-refractivity contribution is 5.74. The molecule has 12 heteroatoms. The normalized spacial score (nSPS) is 19.3. The van der Waals surface area contributed by atoms with Crippen LogP contribution in [0.5, 0.6) is 0 Å². The van der Waals surface area contributed by atoms with E-state index in [1.807, 2.05) is 0 Å². The van der Waals surface area contributed by atoms with Gasteiger partial charge in [-0.05, 0) is 96.3 Å². The van der Waals surface area contributed by atoms with Crippen LogP contribution < -0.4 is 0 Å². The lowest BCUT2D eigenvalue weighted by Crippen LogP contribution is -2.61. The maximum absolute atomic E-state index is 13.0. The molecule has 12 nitrogen and oxygen atoms in total. The first-order valence-corrected chi connectivity index (χ1v) is 26.3. The maximum Gasteiger partial charge on any atom is 0.335 e. The van der Waals surface area contributed by atoms with Crippen LogP contribution in [0.15, 0.2) is 60.8 Å². The summed E-state index contributed by atoms with van der Waals surface area (Å²) in [6, 6.07) is 0. The molecule has 0 aromatic carbocycles. The summed E-state index contributed by atoms with van der Waals surface area (Å²) in [7, 11) is 0. The zero-order chi connectivity index (χ0) is 49.0. The second kappa shape index (κ2) is 43.7. The lowest BCUT2D eigenvalue weighted by atomic mass is 9.98. The molecule has 0 saturated carbocycles. The summed E-state index contributed by atoms with van der Waals surface area (Å²) in [4.78, 5) is 50.8. The van der Waals surface area contributed by atoms with E-state index in [4.69, 9.17) is 23.7 Å². The molecule has 1 heterocycles. The smallest absolute Gasteiger partial charge is 0.335 e. The summed E-state index contributed by atoms with van der Waals surface area (Å²) < 4.78 is 28.2. The van der Waals surface area contributed by atoms with Crippen LogP contribution in [0.3, 0.4) is 0 Å². The molecule has 0 amide bonds. The Morgan fingerprint density at radius 3 is 1.51 bits per heavy atom. The fourth-order valence-electron chi connectivity index (χ4n) is 7.47. The minimum absolute atomic E-state index is 0.0228. The van der Waals surface area contributed by atoms with E-state index in [1.165, 1.54) is 38.5 Å². The molecule has 0 aliphatic carbocycles. The second-order valence-electron chi connectivity index (χ2n) is 17.8. The minimum atomic E-state index is -1.91. The molecule has 0 aromatic rings. The summed E-state index contributed by atoms with van der Waals surface area (Å²) in [6.07, 6.45) is 39.3. The van der Waals surface area contributed by atoms with Gasteiger partial charge in [-0.3, -0.25) is 14.4 Å². The molecule has 1 aliphatic heterocycles. The molecule has 0 radical (unpaired) electrons. The lowest BCUT2D eigenvalue weighted by molar-refractivity contribution is -0.301. The fourth-order valence-corrected chi connectivity index (χ4v) is 7.47. The highest BCUT2D eigenvalue weighted by Crippen LogP contribution is 2.26. The Hall–Kier alpha value is -3.58. The van der Waals surface area contributed by atoms with Crippen molar-refractivity contribution < 1.29 is 58.2 Å². The van der Waals surface area contributed by atoms with Gasteiger partial charge in [0.2, 0.25) is 0 Å². The summed E-state index contributed by atoms with van der Waals surface area (Å²) in [5, 5.41) is 31.3. The summed E-state index contributed by atoms with van der Waals surface area (Å²) in [5.41, 5.74) is 0. The number of carboxylic acids is 1. The van der Waals surface area contributed by atoms with Gasteiger partial charge in [-0.15, -0.1) is 0 Å². The molecule has 6 atom stereocenters.